The summed E-state index contributed by atoms with van der Waals surface area (Å²) in [6.07, 6.45) is 2.70. The molecule has 19 heavy (non-hydrogen) atoms. The monoisotopic (exact) mass is 272 g/mol. The number of rotatable bonds is 6. The predicted molar refractivity (Wildman–Crippen MR) is 80.7 cm³/mol. The molecule has 98 valence electrons. The summed E-state index contributed by atoms with van der Waals surface area (Å²) in [6.45, 7) is 4.31. The standard InChI is InChI=1S/C17H17ClO/c1-2-7-14-8-5-6-11-17(14)19-13-16-10-4-3-9-15(16)12-18/h2-6,8-11H,1,7,12-13H2. The van der Waals surface area contributed by atoms with Crippen LogP contribution in [0.3, 0.4) is 0 Å². The first kappa shape index (κ1) is 13.7. The van der Waals surface area contributed by atoms with Crippen LogP contribution in [0.4, 0.5) is 0 Å². The second-order valence-corrected chi connectivity index (χ2v) is 4.56. The SMILES string of the molecule is C=CCc1ccccc1OCc1ccccc1CCl. The lowest BCUT2D eigenvalue weighted by atomic mass is 10.1. The van der Waals surface area contributed by atoms with Crippen LogP contribution in [0.1, 0.15) is 16.7 Å². The van der Waals surface area contributed by atoms with E-state index in [0.29, 0.717) is 12.5 Å². The third-order valence-electron chi connectivity index (χ3n) is 2.98. The van der Waals surface area contributed by atoms with Gasteiger partial charge in [-0.05, 0) is 29.2 Å². The highest BCUT2D eigenvalue weighted by Gasteiger charge is 2.04. The van der Waals surface area contributed by atoms with Gasteiger partial charge in [-0.2, -0.15) is 0 Å². The molecule has 2 aromatic rings. The van der Waals surface area contributed by atoms with E-state index < -0.39 is 0 Å². The second kappa shape index (κ2) is 7.01. The van der Waals surface area contributed by atoms with E-state index in [9.17, 15) is 0 Å². The molecule has 2 aromatic carbocycles. The molecule has 0 N–H and O–H groups in total. The summed E-state index contributed by atoms with van der Waals surface area (Å²) in [5.74, 6) is 1.42. The van der Waals surface area contributed by atoms with Crippen molar-refractivity contribution in [1.29, 1.82) is 0 Å². The van der Waals surface area contributed by atoms with Crippen molar-refractivity contribution in [2.75, 3.05) is 0 Å². The van der Waals surface area contributed by atoms with Crippen LogP contribution in [0.25, 0.3) is 0 Å². The molecule has 0 radical (unpaired) electrons. The maximum Gasteiger partial charge on any atom is 0.123 e. The fourth-order valence-electron chi connectivity index (χ4n) is 1.95. The average molecular weight is 273 g/mol. The van der Waals surface area contributed by atoms with Crippen molar-refractivity contribution in [3.63, 3.8) is 0 Å². The summed E-state index contributed by atoms with van der Waals surface area (Å²) in [5.41, 5.74) is 3.40. The third-order valence-corrected chi connectivity index (χ3v) is 3.27. The van der Waals surface area contributed by atoms with Gasteiger partial charge in [-0.15, -0.1) is 18.2 Å². The van der Waals surface area contributed by atoms with Crippen molar-refractivity contribution in [2.24, 2.45) is 0 Å². The van der Waals surface area contributed by atoms with E-state index in [2.05, 4.69) is 12.6 Å². The lowest BCUT2D eigenvalue weighted by Gasteiger charge is -2.12. The summed E-state index contributed by atoms with van der Waals surface area (Å²) >= 11 is 5.93. The van der Waals surface area contributed by atoms with Crippen molar-refractivity contribution in [1.82, 2.24) is 0 Å². The Morgan fingerprint density at radius 3 is 2.26 bits per heavy atom. The number of ether oxygens (including phenoxy) is 1. The van der Waals surface area contributed by atoms with Crippen molar-refractivity contribution in [2.45, 2.75) is 18.9 Å². The van der Waals surface area contributed by atoms with Crippen molar-refractivity contribution >= 4 is 11.6 Å². The molecule has 0 aromatic heterocycles. The van der Waals surface area contributed by atoms with Gasteiger partial charge in [0.15, 0.2) is 0 Å². The number of halogens is 1. The van der Waals surface area contributed by atoms with Crippen LogP contribution in [-0.4, -0.2) is 0 Å². The van der Waals surface area contributed by atoms with E-state index in [1.807, 2.05) is 48.5 Å². The number of benzene rings is 2. The third kappa shape index (κ3) is 3.62. The van der Waals surface area contributed by atoms with Crippen LogP contribution in [0.2, 0.25) is 0 Å². The van der Waals surface area contributed by atoms with E-state index in [-0.39, 0.29) is 0 Å². The Bertz CT molecular complexity index is 548. The van der Waals surface area contributed by atoms with E-state index in [1.165, 1.54) is 0 Å². The zero-order chi connectivity index (χ0) is 13.5. The van der Waals surface area contributed by atoms with E-state index in [4.69, 9.17) is 16.3 Å². The van der Waals surface area contributed by atoms with E-state index >= 15 is 0 Å². The second-order valence-electron chi connectivity index (χ2n) is 4.29. The summed E-state index contributed by atoms with van der Waals surface area (Å²) < 4.78 is 5.91. The van der Waals surface area contributed by atoms with Gasteiger partial charge in [-0.3, -0.25) is 0 Å². The number of hydrogen-bond donors (Lipinski definition) is 0. The van der Waals surface area contributed by atoms with Gasteiger partial charge in [-0.25, -0.2) is 0 Å². The highest BCUT2D eigenvalue weighted by molar-refractivity contribution is 6.17. The van der Waals surface area contributed by atoms with Crippen molar-refractivity contribution in [3.05, 3.63) is 77.9 Å². The normalized spacial score (nSPS) is 10.2. The Kier molecular flexibility index (Phi) is 5.05. The van der Waals surface area contributed by atoms with Gasteiger partial charge in [0.25, 0.3) is 0 Å². The van der Waals surface area contributed by atoms with Gasteiger partial charge in [0.1, 0.15) is 12.4 Å². The van der Waals surface area contributed by atoms with Crippen molar-refractivity contribution < 1.29 is 4.74 Å². The molecule has 0 unspecified atom stereocenters. The van der Waals surface area contributed by atoms with Gasteiger partial charge in [0.05, 0.1) is 0 Å². The van der Waals surface area contributed by atoms with Gasteiger partial charge in [0.2, 0.25) is 0 Å². The smallest absolute Gasteiger partial charge is 0.123 e. The molecular formula is C17H17ClO. The molecule has 0 bridgehead atoms. The fraction of sp³-hybridized carbons (Fsp3) is 0.176. The van der Waals surface area contributed by atoms with Crippen LogP contribution in [0.5, 0.6) is 5.75 Å². The number of alkyl halides is 1. The van der Waals surface area contributed by atoms with Gasteiger partial charge < -0.3 is 4.74 Å². The zero-order valence-electron chi connectivity index (χ0n) is 10.8. The maximum atomic E-state index is 5.93. The van der Waals surface area contributed by atoms with Crippen LogP contribution in [0, 0.1) is 0 Å². The van der Waals surface area contributed by atoms with Gasteiger partial charge >= 0.3 is 0 Å². The highest BCUT2D eigenvalue weighted by Crippen LogP contribution is 2.21. The van der Waals surface area contributed by atoms with E-state index in [0.717, 1.165) is 28.9 Å². The molecule has 2 heteroatoms. The lowest BCUT2D eigenvalue weighted by molar-refractivity contribution is 0.302. The molecule has 0 saturated carbocycles. The lowest BCUT2D eigenvalue weighted by Crippen LogP contribution is -2.00. The Balaban J connectivity index is 2.12. The molecule has 0 fully saturated rings. The molecule has 0 aliphatic heterocycles. The van der Waals surface area contributed by atoms with Crippen LogP contribution >= 0.6 is 11.6 Å². The average Bonchev–Trinajstić information content (AvgIpc) is 2.47. The summed E-state index contributed by atoms with van der Waals surface area (Å²) in [5, 5.41) is 0. The molecule has 0 heterocycles. The summed E-state index contributed by atoms with van der Waals surface area (Å²) in [6, 6.07) is 16.1. The summed E-state index contributed by atoms with van der Waals surface area (Å²) in [7, 11) is 0. The molecule has 0 amide bonds. The van der Waals surface area contributed by atoms with Gasteiger partial charge in [-0.1, -0.05) is 48.5 Å². The maximum absolute atomic E-state index is 5.93. The minimum atomic E-state index is 0.508. The molecule has 1 nitrogen and oxygen atoms in total. The number of para-hydroxylation sites is 1. The Labute approximate surface area is 119 Å². The molecule has 0 atom stereocenters. The predicted octanol–water partition coefficient (Wildman–Crippen LogP) is 4.73. The Morgan fingerprint density at radius 2 is 1.58 bits per heavy atom. The number of allylic oxidation sites excluding steroid dienone is 1. The fourth-order valence-corrected chi connectivity index (χ4v) is 2.21. The highest BCUT2D eigenvalue weighted by atomic mass is 35.5. The molecule has 0 aliphatic rings. The molecule has 0 aliphatic carbocycles. The largest absolute Gasteiger partial charge is 0.489 e. The summed E-state index contributed by atoms with van der Waals surface area (Å²) in [4.78, 5) is 0. The Morgan fingerprint density at radius 1 is 0.947 bits per heavy atom. The van der Waals surface area contributed by atoms with Crippen LogP contribution < -0.4 is 4.74 Å². The minimum absolute atomic E-state index is 0.508. The number of hydrogen-bond acceptors (Lipinski definition) is 1. The topological polar surface area (TPSA) is 9.23 Å². The molecular weight excluding hydrogens is 256 g/mol. The minimum Gasteiger partial charge on any atom is -0.489 e. The van der Waals surface area contributed by atoms with Crippen LogP contribution in [-0.2, 0) is 18.9 Å². The first-order valence-corrected chi connectivity index (χ1v) is 6.83. The molecule has 0 saturated heterocycles. The first-order chi connectivity index (χ1) is 9.35. The molecule has 0 spiro atoms. The Hall–Kier alpha value is -1.73. The van der Waals surface area contributed by atoms with Crippen molar-refractivity contribution in [3.8, 4) is 5.75 Å². The van der Waals surface area contributed by atoms with Gasteiger partial charge in [0, 0.05) is 5.88 Å². The first-order valence-electron chi connectivity index (χ1n) is 6.29. The molecule has 2 rings (SSSR count). The quantitative estimate of drug-likeness (QED) is 0.545. The van der Waals surface area contributed by atoms with E-state index in [1.54, 1.807) is 0 Å². The van der Waals surface area contributed by atoms with Crippen LogP contribution in [0.15, 0.2) is 61.2 Å². The zero-order valence-corrected chi connectivity index (χ0v) is 11.6.